The number of rotatable bonds is 5. The summed E-state index contributed by atoms with van der Waals surface area (Å²) in [6, 6.07) is 12.4. The van der Waals surface area contributed by atoms with Gasteiger partial charge in [0.2, 0.25) is 15.8 Å². The molecular weight excluding hydrogens is 443 g/mol. The molecule has 0 unspecified atom stereocenters. The number of carbonyl (C=O) groups is 1. The summed E-state index contributed by atoms with van der Waals surface area (Å²) in [6.45, 7) is 1.88. The number of ketones is 1. The Labute approximate surface area is 183 Å². The lowest BCUT2D eigenvalue weighted by Crippen LogP contribution is -2.39. The average molecular weight is 465 g/mol. The maximum Gasteiger partial charge on any atom is 0.449 e. The second-order valence-corrected chi connectivity index (χ2v) is 9.90. The van der Waals surface area contributed by atoms with Gasteiger partial charge in [0.25, 0.3) is 0 Å². The van der Waals surface area contributed by atoms with Gasteiger partial charge in [-0.05, 0) is 49.9 Å². The average Bonchev–Trinajstić information content (AvgIpc) is 3.13. The molecule has 170 valence electrons. The number of aromatic nitrogens is 2. The number of para-hydroxylation sites is 2. The predicted octanol–water partition coefficient (Wildman–Crippen LogP) is 4.36. The molecular formula is C22H22F3N3O3S. The Bertz CT molecular complexity index is 1260. The van der Waals surface area contributed by atoms with Crippen LogP contribution in [0.3, 0.4) is 0 Å². The van der Waals surface area contributed by atoms with E-state index in [0.717, 1.165) is 0 Å². The Balaban J connectivity index is 1.52. The van der Waals surface area contributed by atoms with Gasteiger partial charge in [-0.1, -0.05) is 24.3 Å². The van der Waals surface area contributed by atoms with Gasteiger partial charge < -0.3 is 4.57 Å². The fraction of sp³-hybridized carbons (Fsp3) is 0.364. The van der Waals surface area contributed by atoms with Crippen LogP contribution < -0.4 is 0 Å². The van der Waals surface area contributed by atoms with Gasteiger partial charge >= 0.3 is 6.18 Å². The van der Waals surface area contributed by atoms with Crippen LogP contribution >= 0.6 is 0 Å². The Morgan fingerprint density at radius 3 is 2.44 bits per heavy atom. The number of Topliss-reactive ketones (excluding diaryl/α,β-unsaturated/α-hetero) is 1. The monoisotopic (exact) mass is 465 g/mol. The summed E-state index contributed by atoms with van der Waals surface area (Å²) in [5.74, 6) is -1.28. The number of nitrogens with zero attached hydrogens (tertiary/aromatic N) is 3. The van der Waals surface area contributed by atoms with E-state index in [1.165, 1.54) is 34.0 Å². The zero-order chi connectivity index (χ0) is 23.1. The van der Waals surface area contributed by atoms with Gasteiger partial charge in [-0.25, -0.2) is 13.4 Å². The highest BCUT2D eigenvalue weighted by Gasteiger charge is 2.38. The quantitative estimate of drug-likeness (QED) is 0.525. The molecule has 1 aromatic heterocycles. The molecule has 2 aromatic carbocycles. The van der Waals surface area contributed by atoms with E-state index in [9.17, 15) is 26.4 Å². The molecule has 0 amide bonds. The van der Waals surface area contributed by atoms with Crippen LogP contribution in [-0.4, -0.2) is 41.1 Å². The van der Waals surface area contributed by atoms with Crippen LogP contribution in [0.15, 0.2) is 53.4 Å². The number of fused-ring (bicyclic) bond motifs is 1. The van der Waals surface area contributed by atoms with Crippen LogP contribution in [-0.2, 0) is 22.7 Å². The molecule has 0 N–H and O–H groups in total. The molecule has 1 aliphatic rings. The number of piperidine rings is 1. The Morgan fingerprint density at radius 1 is 1.09 bits per heavy atom. The summed E-state index contributed by atoms with van der Waals surface area (Å²) in [5, 5.41) is 0. The van der Waals surface area contributed by atoms with Crippen molar-refractivity contribution in [1.82, 2.24) is 13.9 Å². The number of carbonyl (C=O) groups excluding carboxylic acids is 1. The van der Waals surface area contributed by atoms with Gasteiger partial charge in [-0.3, -0.25) is 4.79 Å². The van der Waals surface area contributed by atoms with E-state index in [1.54, 1.807) is 30.3 Å². The number of hydrogen-bond donors (Lipinski definition) is 0. The highest BCUT2D eigenvalue weighted by molar-refractivity contribution is 7.89. The van der Waals surface area contributed by atoms with Crippen molar-refractivity contribution in [2.45, 2.75) is 37.4 Å². The lowest BCUT2D eigenvalue weighted by Gasteiger charge is -2.32. The third-order valence-electron chi connectivity index (χ3n) is 5.80. The maximum atomic E-state index is 13.5. The Kier molecular flexibility index (Phi) is 5.85. The minimum atomic E-state index is -4.58. The summed E-state index contributed by atoms with van der Waals surface area (Å²) in [4.78, 5) is 15.4. The molecule has 10 heteroatoms. The minimum absolute atomic E-state index is 0.0450. The molecule has 0 atom stereocenters. The SMILES string of the molecule is CC(=O)c1cccc(S(=O)(=O)N2CCC(Cn3c(C(F)(F)F)nc4ccccc43)CC2)c1. The topological polar surface area (TPSA) is 72.3 Å². The standard InChI is InChI=1S/C22H22F3N3O3S/c1-15(29)17-5-4-6-18(13-17)32(30,31)27-11-9-16(10-12-27)14-28-20-8-3-2-7-19(20)26-21(28)22(23,24)25/h2-8,13,16H,9-12,14H2,1H3. The molecule has 0 spiro atoms. The molecule has 4 rings (SSSR count). The number of sulfonamides is 1. The van der Waals surface area contributed by atoms with Crippen molar-refractivity contribution >= 4 is 26.8 Å². The highest BCUT2D eigenvalue weighted by atomic mass is 32.2. The molecule has 1 fully saturated rings. The summed E-state index contributed by atoms with van der Waals surface area (Å²) < 4.78 is 69.1. The number of alkyl halides is 3. The van der Waals surface area contributed by atoms with Gasteiger partial charge in [0.15, 0.2) is 5.78 Å². The van der Waals surface area contributed by atoms with E-state index in [4.69, 9.17) is 0 Å². The summed E-state index contributed by atoms with van der Waals surface area (Å²) in [7, 11) is -3.79. The fourth-order valence-electron chi connectivity index (χ4n) is 4.09. The van der Waals surface area contributed by atoms with Gasteiger partial charge in [0, 0.05) is 25.2 Å². The number of halogens is 3. The van der Waals surface area contributed by atoms with Gasteiger partial charge in [-0.2, -0.15) is 17.5 Å². The second-order valence-electron chi connectivity index (χ2n) is 7.96. The first-order valence-corrected chi connectivity index (χ1v) is 11.6. The van der Waals surface area contributed by atoms with Crippen molar-refractivity contribution < 1.29 is 26.4 Å². The summed E-state index contributed by atoms with van der Waals surface area (Å²) in [6.07, 6.45) is -3.73. The van der Waals surface area contributed by atoms with Crippen LogP contribution in [0.25, 0.3) is 11.0 Å². The second kappa shape index (κ2) is 8.32. The molecule has 32 heavy (non-hydrogen) atoms. The van der Waals surface area contributed by atoms with Crippen molar-refractivity contribution in [3.05, 3.63) is 59.9 Å². The van der Waals surface area contributed by atoms with E-state index in [2.05, 4.69) is 4.98 Å². The van der Waals surface area contributed by atoms with E-state index in [0.29, 0.717) is 23.9 Å². The normalized spacial score (nSPS) is 16.5. The third-order valence-corrected chi connectivity index (χ3v) is 7.70. The van der Waals surface area contributed by atoms with Crippen LogP contribution in [0.2, 0.25) is 0 Å². The Morgan fingerprint density at radius 2 is 1.78 bits per heavy atom. The van der Waals surface area contributed by atoms with Crippen molar-refractivity contribution in [3.8, 4) is 0 Å². The molecule has 1 saturated heterocycles. The highest BCUT2D eigenvalue weighted by Crippen LogP contribution is 2.33. The lowest BCUT2D eigenvalue weighted by molar-refractivity contribution is -0.147. The zero-order valence-electron chi connectivity index (χ0n) is 17.3. The van der Waals surface area contributed by atoms with E-state index in [1.807, 2.05) is 0 Å². The molecule has 0 saturated carbocycles. The number of benzene rings is 2. The third kappa shape index (κ3) is 4.29. The van der Waals surface area contributed by atoms with Gasteiger partial charge in [0.1, 0.15) is 0 Å². The summed E-state index contributed by atoms with van der Waals surface area (Å²) in [5.41, 5.74) is 1.01. The summed E-state index contributed by atoms with van der Waals surface area (Å²) >= 11 is 0. The molecule has 0 aliphatic carbocycles. The number of hydrogen-bond acceptors (Lipinski definition) is 4. The van der Waals surface area contributed by atoms with Gasteiger partial charge in [0.05, 0.1) is 15.9 Å². The first kappa shape index (κ1) is 22.5. The number of imidazole rings is 1. The Hall–Kier alpha value is -2.72. The molecule has 6 nitrogen and oxygen atoms in total. The maximum absolute atomic E-state index is 13.5. The minimum Gasteiger partial charge on any atom is -0.320 e. The van der Waals surface area contributed by atoms with Crippen molar-refractivity contribution in [2.24, 2.45) is 5.92 Å². The molecule has 3 aromatic rings. The lowest BCUT2D eigenvalue weighted by atomic mass is 9.98. The zero-order valence-corrected chi connectivity index (χ0v) is 18.2. The largest absolute Gasteiger partial charge is 0.449 e. The van der Waals surface area contributed by atoms with Crippen LogP contribution in [0.1, 0.15) is 35.9 Å². The van der Waals surface area contributed by atoms with E-state index >= 15 is 0 Å². The van der Waals surface area contributed by atoms with E-state index < -0.39 is 22.0 Å². The smallest absolute Gasteiger partial charge is 0.320 e. The fourth-order valence-corrected chi connectivity index (χ4v) is 5.61. The van der Waals surface area contributed by atoms with Crippen molar-refractivity contribution in [1.29, 1.82) is 0 Å². The van der Waals surface area contributed by atoms with Crippen molar-refractivity contribution in [2.75, 3.05) is 13.1 Å². The molecule has 2 heterocycles. The first-order valence-electron chi connectivity index (χ1n) is 10.2. The molecule has 0 bridgehead atoms. The van der Waals surface area contributed by atoms with Gasteiger partial charge in [-0.15, -0.1) is 0 Å². The van der Waals surface area contributed by atoms with E-state index in [-0.39, 0.29) is 41.7 Å². The van der Waals surface area contributed by atoms with Crippen LogP contribution in [0.5, 0.6) is 0 Å². The first-order chi connectivity index (χ1) is 15.1. The molecule has 0 radical (unpaired) electrons. The van der Waals surface area contributed by atoms with Crippen molar-refractivity contribution in [3.63, 3.8) is 0 Å². The predicted molar refractivity (Wildman–Crippen MR) is 113 cm³/mol. The molecule has 1 aliphatic heterocycles. The van der Waals surface area contributed by atoms with Crippen LogP contribution in [0, 0.1) is 5.92 Å². The van der Waals surface area contributed by atoms with Crippen LogP contribution in [0.4, 0.5) is 13.2 Å².